The molecule has 1 aliphatic heterocycles. The maximum Gasteiger partial charge on any atom is 0.271 e. The zero-order valence-corrected chi connectivity index (χ0v) is 17.5. The van der Waals surface area contributed by atoms with E-state index < -0.39 is 15.9 Å². The van der Waals surface area contributed by atoms with E-state index in [0.29, 0.717) is 30.3 Å². The highest BCUT2D eigenvalue weighted by Crippen LogP contribution is 2.29. The molecular weight excluding hydrogens is 410 g/mol. The van der Waals surface area contributed by atoms with E-state index in [1.54, 1.807) is 18.2 Å². The maximum atomic E-state index is 12.8. The summed E-state index contributed by atoms with van der Waals surface area (Å²) >= 11 is 0. The molecule has 2 aromatic rings. The summed E-state index contributed by atoms with van der Waals surface area (Å²) in [5.74, 6) is 0.484. The van der Waals surface area contributed by atoms with E-state index in [-0.39, 0.29) is 23.5 Å². The predicted molar refractivity (Wildman–Crippen MR) is 111 cm³/mol. The first-order valence-corrected chi connectivity index (χ1v) is 10.6. The number of nitrogens with zero attached hydrogens (tertiary/aromatic N) is 2. The zero-order chi connectivity index (χ0) is 21.6. The summed E-state index contributed by atoms with van der Waals surface area (Å²) in [5, 5.41) is 3.95. The first-order valence-electron chi connectivity index (χ1n) is 9.19. The van der Waals surface area contributed by atoms with Gasteiger partial charge in [-0.3, -0.25) is 4.79 Å². The molecule has 1 heterocycles. The second-order valence-corrected chi connectivity index (χ2v) is 8.26. The molecule has 0 aliphatic carbocycles. The van der Waals surface area contributed by atoms with Crippen molar-refractivity contribution in [3.8, 4) is 11.5 Å². The molecule has 0 spiro atoms. The summed E-state index contributed by atoms with van der Waals surface area (Å²) in [7, 11) is -0.659. The van der Waals surface area contributed by atoms with Crippen LogP contribution in [-0.2, 0) is 14.8 Å². The molecular formula is C20H23N3O6S. The Labute approximate surface area is 175 Å². The van der Waals surface area contributed by atoms with Crippen LogP contribution in [0.15, 0.2) is 52.5 Å². The standard InChI is InChI=1S/C20H23N3O6S/c1-27-18-8-4-6-16(19(18)28-2)14-21-22-20(24)15-5-3-7-17(13-15)30(25,26)23-9-11-29-12-10-23/h3-8,13-14H,9-12H2,1-2H3,(H,22,24)/b21-14-. The Morgan fingerprint density at radius 1 is 1.13 bits per heavy atom. The maximum absolute atomic E-state index is 12.8. The van der Waals surface area contributed by atoms with Crippen LogP contribution in [0.25, 0.3) is 0 Å². The van der Waals surface area contributed by atoms with Gasteiger partial charge in [-0.25, -0.2) is 13.8 Å². The Kier molecular flexibility index (Phi) is 7.03. The van der Waals surface area contributed by atoms with Gasteiger partial charge in [-0.2, -0.15) is 9.41 Å². The van der Waals surface area contributed by atoms with Crippen molar-refractivity contribution in [2.75, 3.05) is 40.5 Å². The number of methoxy groups -OCH3 is 2. The van der Waals surface area contributed by atoms with Crippen molar-refractivity contribution in [2.24, 2.45) is 5.10 Å². The zero-order valence-electron chi connectivity index (χ0n) is 16.7. The third kappa shape index (κ3) is 4.78. The highest BCUT2D eigenvalue weighted by Gasteiger charge is 2.26. The number of nitrogens with one attached hydrogen (secondary N) is 1. The van der Waals surface area contributed by atoms with Crippen molar-refractivity contribution in [2.45, 2.75) is 4.90 Å². The molecule has 0 bridgehead atoms. The van der Waals surface area contributed by atoms with Gasteiger partial charge < -0.3 is 14.2 Å². The molecule has 1 aliphatic rings. The molecule has 0 aromatic heterocycles. The number of para-hydroxylation sites is 1. The molecule has 0 unspecified atom stereocenters. The smallest absolute Gasteiger partial charge is 0.271 e. The largest absolute Gasteiger partial charge is 0.493 e. The summed E-state index contributed by atoms with van der Waals surface area (Å²) in [5.41, 5.74) is 3.19. The van der Waals surface area contributed by atoms with Crippen LogP contribution in [0.1, 0.15) is 15.9 Å². The van der Waals surface area contributed by atoms with Gasteiger partial charge in [0.2, 0.25) is 10.0 Å². The molecule has 1 amide bonds. The molecule has 10 heteroatoms. The number of benzene rings is 2. The van der Waals surface area contributed by atoms with Gasteiger partial charge in [0, 0.05) is 24.2 Å². The van der Waals surface area contributed by atoms with Crippen molar-refractivity contribution in [3.05, 3.63) is 53.6 Å². The summed E-state index contributed by atoms with van der Waals surface area (Å²) in [6.07, 6.45) is 1.42. The monoisotopic (exact) mass is 433 g/mol. The van der Waals surface area contributed by atoms with E-state index in [4.69, 9.17) is 14.2 Å². The van der Waals surface area contributed by atoms with Crippen molar-refractivity contribution < 1.29 is 27.4 Å². The molecule has 2 aromatic carbocycles. The first-order chi connectivity index (χ1) is 14.5. The van der Waals surface area contributed by atoms with Crippen molar-refractivity contribution in [1.29, 1.82) is 0 Å². The Morgan fingerprint density at radius 2 is 1.87 bits per heavy atom. The normalized spacial score (nSPS) is 15.1. The number of hydrogen-bond acceptors (Lipinski definition) is 7. The fraction of sp³-hybridized carbons (Fsp3) is 0.300. The number of hydrogen-bond donors (Lipinski definition) is 1. The van der Waals surface area contributed by atoms with Gasteiger partial charge >= 0.3 is 0 Å². The number of amides is 1. The predicted octanol–water partition coefficient (Wildman–Crippen LogP) is 1.49. The van der Waals surface area contributed by atoms with E-state index in [2.05, 4.69) is 10.5 Å². The minimum absolute atomic E-state index is 0.0514. The van der Waals surface area contributed by atoms with Crippen LogP contribution >= 0.6 is 0 Å². The summed E-state index contributed by atoms with van der Waals surface area (Å²) in [6.45, 7) is 1.26. The lowest BCUT2D eigenvalue weighted by Gasteiger charge is -2.26. The number of ether oxygens (including phenoxy) is 3. The van der Waals surface area contributed by atoms with E-state index in [1.807, 2.05) is 0 Å². The molecule has 1 fully saturated rings. The van der Waals surface area contributed by atoms with E-state index in [1.165, 1.54) is 49.0 Å². The highest BCUT2D eigenvalue weighted by molar-refractivity contribution is 7.89. The van der Waals surface area contributed by atoms with Crippen LogP contribution in [0.3, 0.4) is 0 Å². The quantitative estimate of drug-likeness (QED) is 0.524. The van der Waals surface area contributed by atoms with Crippen molar-refractivity contribution in [1.82, 2.24) is 9.73 Å². The Balaban J connectivity index is 1.74. The van der Waals surface area contributed by atoms with Crippen LogP contribution in [0.4, 0.5) is 0 Å². The van der Waals surface area contributed by atoms with Gasteiger partial charge in [-0.15, -0.1) is 0 Å². The first kappa shape index (κ1) is 21.8. The lowest BCUT2D eigenvalue weighted by Crippen LogP contribution is -2.40. The summed E-state index contributed by atoms with van der Waals surface area (Å²) < 4.78 is 42.6. The number of carbonyl (C=O) groups is 1. The Hall–Kier alpha value is -2.95. The minimum atomic E-state index is -3.69. The number of rotatable bonds is 7. The van der Waals surface area contributed by atoms with Crippen LogP contribution in [0.2, 0.25) is 0 Å². The van der Waals surface area contributed by atoms with E-state index in [9.17, 15) is 13.2 Å². The van der Waals surface area contributed by atoms with Crippen molar-refractivity contribution >= 4 is 22.1 Å². The second kappa shape index (κ2) is 9.70. The molecule has 0 saturated carbocycles. The lowest BCUT2D eigenvalue weighted by molar-refractivity contribution is 0.0730. The number of carbonyl (C=O) groups excluding carboxylic acids is 1. The Morgan fingerprint density at radius 3 is 2.57 bits per heavy atom. The minimum Gasteiger partial charge on any atom is -0.493 e. The van der Waals surface area contributed by atoms with E-state index >= 15 is 0 Å². The van der Waals surface area contributed by atoms with Gasteiger partial charge in [0.25, 0.3) is 5.91 Å². The number of hydrazone groups is 1. The molecule has 160 valence electrons. The number of morpholine rings is 1. The van der Waals surface area contributed by atoms with Gasteiger partial charge in [0.15, 0.2) is 11.5 Å². The van der Waals surface area contributed by atoms with Crippen LogP contribution < -0.4 is 14.9 Å². The third-order valence-electron chi connectivity index (χ3n) is 4.51. The molecule has 9 nitrogen and oxygen atoms in total. The molecule has 0 radical (unpaired) electrons. The molecule has 1 N–H and O–H groups in total. The Bertz CT molecular complexity index is 1030. The van der Waals surface area contributed by atoms with Crippen LogP contribution in [0.5, 0.6) is 11.5 Å². The van der Waals surface area contributed by atoms with Crippen molar-refractivity contribution in [3.63, 3.8) is 0 Å². The SMILES string of the molecule is COc1cccc(/C=N\NC(=O)c2cccc(S(=O)(=O)N3CCOCC3)c2)c1OC. The fourth-order valence-electron chi connectivity index (χ4n) is 2.97. The summed E-state index contributed by atoms with van der Waals surface area (Å²) in [6, 6.07) is 11.1. The second-order valence-electron chi connectivity index (χ2n) is 6.33. The average molecular weight is 433 g/mol. The lowest BCUT2D eigenvalue weighted by atomic mass is 10.2. The topological polar surface area (TPSA) is 107 Å². The summed E-state index contributed by atoms with van der Waals surface area (Å²) in [4.78, 5) is 12.5. The highest BCUT2D eigenvalue weighted by atomic mass is 32.2. The van der Waals surface area contributed by atoms with Gasteiger partial charge in [-0.05, 0) is 30.3 Å². The van der Waals surface area contributed by atoms with Gasteiger partial charge in [-0.1, -0.05) is 12.1 Å². The average Bonchev–Trinajstić information content (AvgIpc) is 2.79. The van der Waals surface area contributed by atoms with E-state index in [0.717, 1.165) is 0 Å². The van der Waals surface area contributed by atoms with Gasteiger partial charge in [0.1, 0.15) is 0 Å². The fourth-order valence-corrected chi connectivity index (χ4v) is 4.43. The van der Waals surface area contributed by atoms with Crippen LogP contribution in [-0.4, -0.2) is 65.4 Å². The molecule has 30 heavy (non-hydrogen) atoms. The molecule has 3 rings (SSSR count). The number of sulfonamides is 1. The van der Waals surface area contributed by atoms with Crippen LogP contribution in [0, 0.1) is 0 Å². The molecule has 1 saturated heterocycles. The molecule has 0 atom stereocenters. The third-order valence-corrected chi connectivity index (χ3v) is 6.40. The van der Waals surface area contributed by atoms with Gasteiger partial charge in [0.05, 0.1) is 38.5 Å².